The number of likely N-dealkylation sites (tertiary alicyclic amines) is 1. The molecule has 4 heterocycles. The summed E-state index contributed by atoms with van der Waals surface area (Å²) < 4.78 is 14.7. The molecular formula is C29H36N6O3. The van der Waals surface area contributed by atoms with E-state index in [1.165, 1.54) is 0 Å². The van der Waals surface area contributed by atoms with Crippen LogP contribution in [0.15, 0.2) is 53.6 Å². The Balaban J connectivity index is 1.54. The number of pyridine rings is 1. The predicted molar refractivity (Wildman–Crippen MR) is 148 cm³/mol. The zero-order valence-electron chi connectivity index (χ0n) is 22.6. The van der Waals surface area contributed by atoms with E-state index in [1.54, 1.807) is 18.0 Å². The Morgan fingerprint density at radius 2 is 2.08 bits per heavy atom. The first kappa shape index (κ1) is 26.1. The van der Waals surface area contributed by atoms with E-state index < -0.39 is 0 Å². The molecule has 1 saturated heterocycles. The number of hydrogen-bond acceptors (Lipinski definition) is 7. The van der Waals surface area contributed by atoms with E-state index in [1.807, 2.05) is 61.0 Å². The van der Waals surface area contributed by atoms with Crippen molar-refractivity contribution in [2.24, 2.45) is 5.92 Å². The minimum absolute atomic E-state index is 0.130. The number of nitrogens with zero attached hydrogens (tertiary/aromatic N) is 6. The zero-order valence-corrected chi connectivity index (χ0v) is 22.6. The number of aromatic nitrogens is 5. The molecular weight excluding hydrogens is 480 g/mol. The van der Waals surface area contributed by atoms with E-state index in [4.69, 9.17) is 14.5 Å². The number of methoxy groups -OCH3 is 1. The molecule has 0 saturated carbocycles. The van der Waals surface area contributed by atoms with Gasteiger partial charge >= 0.3 is 0 Å². The summed E-state index contributed by atoms with van der Waals surface area (Å²) in [6, 6.07) is 11.5. The van der Waals surface area contributed by atoms with E-state index in [0.29, 0.717) is 29.3 Å². The van der Waals surface area contributed by atoms with E-state index in [9.17, 15) is 4.79 Å². The van der Waals surface area contributed by atoms with Crippen LogP contribution < -0.4 is 10.3 Å². The Hall–Kier alpha value is -3.56. The van der Waals surface area contributed by atoms with Crippen LogP contribution in [0.1, 0.15) is 32.4 Å². The minimum Gasteiger partial charge on any atom is -0.497 e. The molecule has 0 bridgehead atoms. The molecule has 1 aromatic carbocycles. The highest BCUT2D eigenvalue weighted by molar-refractivity contribution is 5.76. The van der Waals surface area contributed by atoms with Crippen molar-refractivity contribution >= 4 is 11.0 Å². The summed E-state index contributed by atoms with van der Waals surface area (Å²) in [5.74, 6) is 1.68. The van der Waals surface area contributed by atoms with E-state index in [2.05, 4.69) is 21.9 Å². The van der Waals surface area contributed by atoms with E-state index >= 15 is 0 Å². The highest BCUT2D eigenvalue weighted by Crippen LogP contribution is 2.25. The van der Waals surface area contributed by atoms with Crippen molar-refractivity contribution < 1.29 is 9.47 Å². The maximum absolute atomic E-state index is 14.0. The first-order valence-corrected chi connectivity index (χ1v) is 13.4. The van der Waals surface area contributed by atoms with Gasteiger partial charge in [0.1, 0.15) is 17.1 Å². The third-order valence-electron chi connectivity index (χ3n) is 7.20. The van der Waals surface area contributed by atoms with Crippen molar-refractivity contribution in [1.29, 1.82) is 0 Å². The van der Waals surface area contributed by atoms with Gasteiger partial charge in [-0.25, -0.2) is 9.67 Å². The summed E-state index contributed by atoms with van der Waals surface area (Å²) in [6.07, 6.45) is 5.92. The number of rotatable bonds is 9. The van der Waals surface area contributed by atoms with Gasteiger partial charge in [-0.1, -0.05) is 6.07 Å². The average Bonchev–Trinajstić information content (AvgIpc) is 3.36. The first-order chi connectivity index (χ1) is 18.5. The van der Waals surface area contributed by atoms with Gasteiger partial charge in [-0.2, -0.15) is 5.10 Å². The SMILES string of the molecule is CCO[C@@H](C)CN1CCC[C@H](Cn2c(-c3cccnc3C)nc3cn(-c4cccc(OC)c4)nc3c2=O)C1. The number of benzene rings is 1. The van der Waals surface area contributed by atoms with E-state index in [0.717, 1.165) is 61.8 Å². The van der Waals surface area contributed by atoms with Gasteiger partial charge in [0.15, 0.2) is 5.52 Å². The Labute approximate surface area is 223 Å². The predicted octanol–water partition coefficient (Wildman–Crippen LogP) is 4.10. The third-order valence-corrected chi connectivity index (χ3v) is 7.20. The number of ether oxygens (including phenoxy) is 2. The summed E-state index contributed by atoms with van der Waals surface area (Å²) >= 11 is 0. The normalized spacial score (nSPS) is 17.1. The minimum atomic E-state index is -0.130. The zero-order chi connectivity index (χ0) is 26.6. The highest BCUT2D eigenvalue weighted by Gasteiger charge is 2.25. The van der Waals surface area contributed by atoms with Crippen molar-refractivity contribution in [2.75, 3.05) is 33.4 Å². The first-order valence-electron chi connectivity index (χ1n) is 13.4. The molecule has 3 aromatic heterocycles. The molecule has 1 aliphatic heterocycles. The van der Waals surface area contributed by atoms with Crippen LogP contribution >= 0.6 is 0 Å². The fraction of sp³-hybridized carbons (Fsp3) is 0.448. The van der Waals surface area contributed by atoms with Crippen LogP contribution in [0.4, 0.5) is 0 Å². The van der Waals surface area contributed by atoms with Crippen LogP contribution in [0.25, 0.3) is 28.1 Å². The van der Waals surface area contributed by atoms with Gasteiger partial charge in [0.25, 0.3) is 5.56 Å². The largest absolute Gasteiger partial charge is 0.497 e. The van der Waals surface area contributed by atoms with Crippen molar-refractivity contribution in [3.05, 3.63) is 64.8 Å². The lowest BCUT2D eigenvalue weighted by molar-refractivity contribution is 0.0321. The molecule has 200 valence electrons. The molecule has 2 atom stereocenters. The Bertz CT molecular complexity index is 1460. The molecule has 1 aliphatic rings. The quantitative estimate of drug-likeness (QED) is 0.331. The topological polar surface area (TPSA) is 87.3 Å². The van der Waals surface area contributed by atoms with E-state index in [-0.39, 0.29) is 11.7 Å². The summed E-state index contributed by atoms with van der Waals surface area (Å²) in [5.41, 5.74) is 3.29. The van der Waals surface area contributed by atoms with Gasteiger partial charge in [0.05, 0.1) is 25.1 Å². The molecule has 0 unspecified atom stereocenters. The lowest BCUT2D eigenvalue weighted by Crippen LogP contribution is -2.42. The van der Waals surface area contributed by atoms with Crippen LogP contribution in [0.3, 0.4) is 0 Å². The van der Waals surface area contributed by atoms with Crippen LogP contribution in [-0.4, -0.2) is 68.7 Å². The fourth-order valence-electron chi connectivity index (χ4n) is 5.40. The van der Waals surface area contributed by atoms with Crippen molar-refractivity contribution in [1.82, 2.24) is 29.2 Å². The number of hydrogen-bond donors (Lipinski definition) is 0. The van der Waals surface area contributed by atoms with Crippen LogP contribution in [0.2, 0.25) is 0 Å². The highest BCUT2D eigenvalue weighted by atomic mass is 16.5. The number of piperidine rings is 1. The van der Waals surface area contributed by atoms with Crippen LogP contribution in [0.5, 0.6) is 5.75 Å². The van der Waals surface area contributed by atoms with Gasteiger partial charge in [-0.15, -0.1) is 0 Å². The lowest BCUT2D eigenvalue weighted by atomic mass is 9.97. The van der Waals surface area contributed by atoms with Crippen molar-refractivity contribution in [3.8, 4) is 22.8 Å². The molecule has 1 fully saturated rings. The van der Waals surface area contributed by atoms with Crippen molar-refractivity contribution in [3.63, 3.8) is 0 Å². The molecule has 0 radical (unpaired) electrons. The maximum atomic E-state index is 14.0. The standard InChI is InChI=1S/C29H36N6O3/c1-5-38-20(2)16-33-14-8-9-22(17-33)18-34-28(25-12-7-13-30-21(25)3)31-26-19-35(32-27(26)29(34)36)23-10-6-11-24(15-23)37-4/h6-7,10-13,15,19-20,22H,5,8-9,14,16-18H2,1-4H3/t20-,22-/m0/s1. The molecule has 0 N–H and O–H groups in total. The summed E-state index contributed by atoms with van der Waals surface area (Å²) in [7, 11) is 1.63. The molecule has 38 heavy (non-hydrogen) atoms. The summed E-state index contributed by atoms with van der Waals surface area (Å²) in [4.78, 5) is 25.9. The van der Waals surface area contributed by atoms with Gasteiger partial charge < -0.3 is 14.4 Å². The lowest BCUT2D eigenvalue weighted by Gasteiger charge is -2.34. The summed E-state index contributed by atoms with van der Waals surface area (Å²) in [5, 5.41) is 4.67. The van der Waals surface area contributed by atoms with Crippen LogP contribution in [0, 0.1) is 12.8 Å². The number of fused-ring (bicyclic) bond motifs is 1. The molecule has 5 rings (SSSR count). The smallest absolute Gasteiger partial charge is 0.282 e. The second-order valence-corrected chi connectivity index (χ2v) is 10.0. The third kappa shape index (κ3) is 5.49. The Kier molecular flexibility index (Phi) is 7.85. The Morgan fingerprint density at radius 1 is 1.21 bits per heavy atom. The van der Waals surface area contributed by atoms with Gasteiger partial charge in [-0.05, 0) is 70.3 Å². The molecule has 9 nitrogen and oxygen atoms in total. The molecule has 0 spiro atoms. The van der Waals surface area contributed by atoms with Crippen LogP contribution in [-0.2, 0) is 11.3 Å². The fourth-order valence-corrected chi connectivity index (χ4v) is 5.40. The van der Waals surface area contributed by atoms with Crippen molar-refractivity contribution in [2.45, 2.75) is 46.3 Å². The molecule has 0 aliphatic carbocycles. The summed E-state index contributed by atoms with van der Waals surface area (Å²) in [6.45, 7) is 10.3. The second kappa shape index (κ2) is 11.4. The molecule has 4 aromatic rings. The van der Waals surface area contributed by atoms with Gasteiger partial charge in [-0.3, -0.25) is 14.3 Å². The monoisotopic (exact) mass is 516 g/mol. The molecule has 9 heteroatoms. The van der Waals surface area contributed by atoms with Gasteiger partial charge in [0.2, 0.25) is 0 Å². The number of aryl methyl sites for hydroxylation is 1. The second-order valence-electron chi connectivity index (χ2n) is 10.0. The maximum Gasteiger partial charge on any atom is 0.282 e. The van der Waals surface area contributed by atoms with Gasteiger partial charge in [0, 0.05) is 49.8 Å². The molecule has 0 amide bonds. The Morgan fingerprint density at radius 3 is 2.87 bits per heavy atom. The average molecular weight is 517 g/mol.